The van der Waals surface area contributed by atoms with Crippen LogP contribution in [0.1, 0.15) is 20.3 Å². The molecule has 2 N–H and O–H groups in total. The fraction of sp³-hybridized carbons (Fsp3) is 0.545. The van der Waals surface area contributed by atoms with Crippen molar-refractivity contribution in [3.8, 4) is 0 Å². The highest BCUT2D eigenvalue weighted by atomic mass is 19.1. The third-order valence-electron chi connectivity index (χ3n) is 2.18. The summed E-state index contributed by atoms with van der Waals surface area (Å²) in [5.74, 6) is -0.686. The fourth-order valence-corrected chi connectivity index (χ4v) is 1.25. The van der Waals surface area contributed by atoms with E-state index >= 15 is 0 Å². The smallest absolute Gasteiger partial charge is 0.168 e. The molecule has 0 aliphatic carbocycles. The summed E-state index contributed by atoms with van der Waals surface area (Å²) in [5, 5.41) is 5.42. The van der Waals surface area contributed by atoms with Crippen molar-refractivity contribution < 1.29 is 8.78 Å². The number of nitrogens with zero attached hydrogens (tertiary/aromatic N) is 1. The van der Waals surface area contributed by atoms with E-state index in [4.69, 9.17) is 0 Å². The van der Waals surface area contributed by atoms with Crippen molar-refractivity contribution >= 4 is 11.6 Å². The zero-order chi connectivity index (χ0) is 12.1. The maximum Gasteiger partial charge on any atom is 0.168 e. The molecule has 90 valence electrons. The van der Waals surface area contributed by atoms with Crippen LogP contribution in [0.15, 0.2) is 6.07 Å². The minimum atomic E-state index is -0.686. The zero-order valence-corrected chi connectivity index (χ0v) is 9.77. The van der Waals surface area contributed by atoms with Gasteiger partial charge in [-0.25, -0.2) is 13.8 Å². The van der Waals surface area contributed by atoms with Crippen LogP contribution in [0.5, 0.6) is 0 Å². The van der Waals surface area contributed by atoms with Crippen LogP contribution in [0.2, 0.25) is 0 Å². The number of hydrogen-bond donors (Lipinski definition) is 2. The molecule has 1 rings (SSSR count). The molecule has 1 aromatic rings. The maximum absolute atomic E-state index is 13.3. The van der Waals surface area contributed by atoms with E-state index in [-0.39, 0.29) is 11.6 Å². The fourth-order valence-electron chi connectivity index (χ4n) is 1.25. The van der Waals surface area contributed by atoms with Gasteiger partial charge in [-0.2, -0.15) is 0 Å². The quantitative estimate of drug-likeness (QED) is 0.815. The van der Waals surface area contributed by atoms with E-state index in [1.165, 1.54) is 0 Å². The Bertz CT molecular complexity index is 353. The van der Waals surface area contributed by atoms with Gasteiger partial charge in [-0.3, -0.25) is 0 Å². The summed E-state index contributed by atoms with van der Waals surface area (Å²) in [7, 11) is 1.54. The molecular formula is C11H17F2N3. The van der Waals surface area contributed by atoms with E-state index in [9.17, 15) is 8.78 Å². The Morgan fingerprint density at radius 1 is 1.25 bits per heavy atom. The normalized spacial score (nSPS) is 10.6. The molecule has 0 atom stereocenters. The van der Waals surface area contributed by atoms with Gasteiger partial charge in [0, 0.05) is 19.7 Å². The molecule has 0 saturated carbocycles. The van der Waals surface area contributed by atoms with Gasteiger partial charge in [0.1, 0.15) is 0 Å². The number of rotatable bonds is 5. The molecule has 0 amide bonds. The van der Waals surface area contributed by atoms with Crippen LogP contribution in [0, 0.1) is 17.6 Å². The molecule has 0 fully saturated rings. The predicted molar refractivity (Wildman–Crippen MR) is 61.6 cm³/mol. The van der Waals surface area contributed by atoms with Crippen LogP contribution < -0.4 is 10.6 Å². The zero-order valence-electron chi connectivity index (χ0n) is 9.77. The lowest BCUT2D eigenvalue weighted by molar-refractivity contribution is 0.573. The van der Waals surface area contributed by atoms with Gasteiger partial charge in [0.15, 0.2) is 23.3 Å². The highest BCUT2D eigenvalue weighted by molar-refractivity contribution is 5.47. The van der Waals surface area contributed by atoms with Crippen LogP contribution in [-0.2, 0) is 0 Å². The molecule has 0 saturated heterocycles. The van der Waals surface area contributed by atoms with E-state index < -0.39 is 11.6 Å². The van der Waals surface area contributed by atoms with Crippen molar-refractivity contribution in [3.63, 3.8) is 0 Å². The predicted octanol–water partition coefficient (Wildman–Crippen LogP) is 2.86. The van der Waals surface area contributed by atoms with Crippen molar-refractivity contribution in [1.29, 1.82) is 0 Å². The Hall–Kier alpha value is -1.39. The van der Waals surface area contributed by atoms with Crippen LogP contribution in [0.25, 0.3) is 0 Å². The molecule has 0 aromatic carbocycles. The summed E-state index contributed by atoms with van der Waals surface area (Å²) in [5.41, 5.74) is 0. The highest BCUT2D eigenvalue weighted by Gasteiger charge is 2.10. The van der Waals surface area contributed by atoms with Crippen molar-refractivity contribution in [1.82, 2.24) is 4.98 Å². The van der Waals surface area contributed by atoms with Gasteiger partial charge < -0.3 is 10.6 Å². The Balaban J connectivity index is 2.72. The van der Waals surface area contributed by atoms with Gasteiger partial charge in [-0.1, -0.05) is 13.8 Å². The third kappa shape index (κ3) is 3.32. The summed E-state index contributed by atoms with van der Waals surface area (Å²) >= 11 is 0. The lowest BCUT2D eigenvalue weighted by atomic mass is 10.1. The largest absolute Gasteiger partial charge is 0.371 e. The molecule has 5 heteroatoms. The summed E-state index contributed by atoms with van der Waals surface area (Å²) in [6, 6.07) is 0.830. The topological polar surface area (TPSA) is 37.0 Å². The number of hydrogen-bond acceptors (Lipinski definition) is 3. The first-order valence-corrected chi connectivity index (χ1v) is 5.32. The monoisotopic (exact) mass is 229 g/mol. The van der Waals surface area contributed by atoms with Crippen LogP contribution in [0.3, 0.4) is 0 Å². The summed E-state index contributed by atoms with van der Waals surface area (Å²) in [6.07, 6.45) is 0.910. The standard InChI is InChI=1S/C11H17F2N3/c1-7(2)4-5-15-11-9(13)6-8(12)10(14-3)16-11/h6-7H,4-5H2,1-3H3,(H2,14,15,16). The second kappa shape index (κ2) is 5.63. The molecule has 1 aromatic heterocycles. The minimum absolute atomic E-state index is 0.0495. The molecule has 0 unspecified atom stereocenters. The lowest BCUT2D eigenvalue weighted by Crippen LogP contribution is -2.09. The highest BCUT2D eigenvalue weighted by Crippen LogP contribution is 2.18. The number of pyridine rings is 1. The van der Waals surface area contributed by atoms with Crippen molar-refractivity contribution in [3.05, 3.63) is 17.7 Å². The number of anilines is 2. The molecule has 0 aliphatic heterocycles. The first kappa shape index (κ1) is 12.7. The van der Waals surface area contributed by atoms with Gasteiger partial charge in [0.25, 0.3) is 0 Å². The van der Waals surface area contributed by atoms with Crippen LogP contribution >= 0.6 is 0 Å². The van der Waals surface area contributed by atoms with Crippen molar-refractivity contribution in [2.45, 2.75) is 20.3 Å². The first-order chi connectivity index (χ1) is 7.54. The van der Waals surface area contributed by atoms with Gasteiger partial charge in [0.05, 0.1) is 0 Å². The van der Waals surface area contributed by atoms with E-state index in [2.05, 4.69) is 29.5 Å². The van der Waals surface area contributed by atoms with Gasteiger partial charge in [0.2, 0.25) is 0 Å². The van der Waals surface area contributed by atoms with E-state index in [1.807, 2.05) is 0 Å². The van der Waals surface area contributed by atoms with Gasteiger partial charge in [-0.15, -0.1) is 0 Å². The molecular weight excluding hydrogens is 212 g/mol. The number of aromatic nitrogens is 1. The van der Waals surface area contributed by atoms with E-state index in [0.717, 1.165) is 12.5 Å². The summed E-state index contributed by atoms with van der Waals surface area (Å²) < 4.78 is 26.4. The molecule has 0 spiro atoms. The average Bonchev–Trinajstić information content (AvgIpc) is 2.20. The molecule has 0 radical (unpaired) electrons. The minimum Gasteiger partial charge on any atom is -0.371 e. The Morgan fingerprint density at radius 2 is 1.88 bits per heavy atom. The van der Waals surface area contributed by atoms with Crippen molar-refractivity contribution in [2.75, 3.05) is 24.2 Å². The third-order valence-corrected chi connectivity index (χ3v) is 2.18. The van der Waals surface area contributed by atoms with Crippen molar-refractivity contribution in [2.24, 2.45) is 5.92 Å². The Labute approximate surface area is 94.3 Å². The number of nitrogens with one attached hydrogen (secondary N) is 2. The van der Waals surface area contributed by atoms with Crippen LogP contribution in [-0.4, -0.2) is 18.6 Å². The Morgan fingerprint density at radius 3 is 2.44 bits per heavy atom. The second-order valence-corrected chi connectivity index (χ2v) is 4.01. The molecule has 1 heterocycles. The van der Waals surface area contributed by atoms with E-state index in [0.29, 0.717) is 12.5 Å². The SMILES string of the molecule is CNc1nc(NCCC(C)C)c(F)cc1F. The first-order valence-electron chi connectivity index (χ1n) is 5.32. The lowest BCUT2D eigenvalue weighted by Gasteiger charge is -2.10. The maximum atomic E-state index is 13.3. The summed E-state index contributed by atoms with van der Waals surface area (Å²) in [4.78, 5) is 3.81. The second-order valence-electron chi connectivity index (χ2n) is 4.01. The summed E-state index contributed by atoms with van der Waals surface area (Å²) in [6.45, 7) is 4.78. The van der Waals surface area contributed by atoms with Gasteiger partial charge >= 0.3 is 0 Å². The molecule has 0 bridgehead atoms. The molecule has 3 nitrogen and oxygen atoms in total. The van der Waals surface area contributed by atoms with Crippen LogP contribution in [0.4, 0.5) is 20.4 Å². The Kier molecular flexibility index (Phi) is 4.46. The molecule has 16 heavy (non-hydrogen) atoms. The number of halogens is 2. The van der Waals surface area contributed by atoms with Gasteiger partial charge in [-0.05, 0) is 12.3 Å². The average molecular weight is 229 g/mol. The molecule has 0 aliphatic rings. The van der Waals surface area contributed by atoms with E-state index in [1.54, 1.807) is 7.05 Å².